The standard InChI is InChI=1S/C17H18Cl2N6O2/c18-12-6-10(14(20)26)8-22-16(12)24-2-1-3-25(5-4-24)17-13(19)7-11(9-23-17)15(21)27/h6-9H,1-5H2,(H2,20,26)(H2,21,27). The Kier molecular flexibility index (Phi) is 5.67. The van der Waals surface area contributed by atoms with E-state index >= 15 is 0 Å². The van der Waals surface area contributed by atoms with Crippen LogP contribution in [0.3, 0.4) is 0 Å². The number of nitrogens with two attached hydrogens (primary N) is 2. The first-order chi connectivity index (χ1) is 12.9. The molecule has 0 spiro atoms. The highest BCUT2D eigenvalue weighted by atomic mass is 35.5. The van der Waals surface area contributed by atoms with Crippen LogP contribution in [0, 0.1) is 0 Å². The number of pyridine rings is 2. The molecule has 10 heteroatoms. The molecule has 8 nitrogen and oxygen atoms in total. The summed E-state index contributed by atoms with van der Waals surface area (Å²) in [4.78, 5) is 35.2. The Labute approximate surface area is 166 Å². The van der Waals surface area contributed by atoms with Gasteiger partial charge in [-0.3, -0.25) is 9.59 Å². The van der Waals surface area contributed by atoms with Crippen LogP contribution in [0.1, 0.15) is 27.1 Å². The second-order valence-electron chi connectivity index (χ2n) is 6.11. The molecule has 0 radical (unpaired) electrons. The quantitative estimate of drug-likeness (QED) is 0.794. The number of amides is 2. The average molecular weight is 409 g/mol. The van der Waals surface area contributed by atoms with Crippen LogP contribution in [-0.4, -0.2) is 48.0 Å². The molecule has 0 aromatic carbocycles. The fourth-order valence-electron chi connectivity index (χ4n) is 2.94. The van der Waals surface area contributed by atoms with Crippen molar-refractivity contribution in [1.29, 1.82) is 0 Å². The molecule has 0 atom stereocenters. The van der Waals surface area contributed by atoms with Gasteiger partial charge in [0, 0.05) is 38.6 Å². The second kappa shape index (κ2) is 7.98. The van der Waals surface area contributed by atoms with Gasteiger partial charge >= 0.3 is 0 Å². The number of carbonyl (C=O) groups excluding carboxylic acids is 2. The van der Waals surface area contributed by atoms with Crippen molar-refractivity contribution in [3.05, 3.63) is 45.7 Å². The molecule has 142 valence electrons. The van der Waals surface area contributed by atoms with Crippen molar-refractivity contribution in [2.24, 2.45) is 11.5 Å². The Hall–Kier alpha value is -2.58. The second-order valence-corrected chi connectivity index (χ2v) is 6.93. The van der Waals surface area contributed by atoms with E-state index in [9.17, 15) is 9.59 Å². The zero-order valence-corrected chi connectivity index (χ0v) is 15.9. The van der Waals surface area contributed by atoms with Crippen molar-refractivity contribution >= 4 is 46.7 Å². The maximum atomic E-state index is 11.2. The van der Waals surface area contributed by atoms with Crippen molar-refractivity contribution in [1.82, 2.24) is 9.97 Å². The molecule has 1 aliphatic rings. The van der Waals surface area contributed by atoms with Gasteiger partial charge in [-0.2, -0.15) is 0 Å². The molecule has 0 saturated carbocycles. The number of hydrogen-bond donors (Lipinski definition) is 2. The van der Waals surface area contributed by atoms with Gasteiger partial charge in [0.25, 0.3) is 0 Å². The normalized spacial score (nSPS) is 14.7. The molecule has 2 aromatic heterocycles. The van der Waals surface area contributed by atoms with Gasteiger partial charge in [-0.25, -0.2) is 9.97 Å². The summed E-state index contributed by atoms with van der Waals surface area (Å²) in [6.45, 7) is 2.74. The molecule has 4 N–H and O–H groups in total. The summed E-state index contributed by atoms with van der Waals surface area (Å²) in [7, 11) is 0. The minimum absolute atomic E-state index is 0.269. The molecule has 2 aromatic rings. The summed E-state index contributed by atoms with van der Waals surface area (Å²) in [5.74, 6) is 0.0644. The van der Waals surface area contributed by atoms with Crippen LogP contribution in [-0.2, 0) is 0 Å². The SMILES string of the molecule is NC(=O)c1cnc(N2CCCN(c3ncc(C(N)=O)cc3Cl)CC2)c(Cl)c1. The Morgan fingerprint density at radius 2 is 1.22 bits per heavy atom. The first kappa shape index (κ1) is 19.2. The maximum Gasteiger partial charge on any atom is 0.250 e. The molecule has 3 heterocycles. The molecular formula is C17H18Cl2N6O2. The molecule has 2 amide bonds. The number of carbonyl (C=O) groups is 2. The zero-order chi connectivity index (χ0) is 19.6. The third-order valence-corrected chi connectivity index (χ3v) is 4.86. The van der Waals surface area contributed by atoms with E-state index < -0.39 is 11.8 Å². The van der Waals surface area contributed by atoms with Gasteiger partial charge in [0.2, 0.25) is 11.8 Å². The summed E-state index contributed by atoms with van der Waals surface area (Å²) in [5.41, 5.74) is 11.1. The van der Waals surface area contributed by atoms with E-state index in [0.717, 1.165) is 19.5 Å². The van der Waals surface area contributed by atoms with Crippen LogP contribution in [0.5, 0.6) is 0 Å². The fraction of sp³-hybridized carbons (Fsp3) is 0.294. The summed E-state index contributed by atoms with van der Waals surface area (Å²) >= 11 is 12.6. The Balaban J connectivity index is 1.76. The van der Waals surface area contributed by atoms with E-state index in [1.165, 1.54) is 24.5 Å². The monoisotopic (exact) mass is 408 g/mol. The highest BCUT2D eigenvalue weighted by Gasteiger charge is 2.21. The lowest BCUT2D eigenvalue weighted by molar-refractivity contribution is 0.0991. The number of primary amides is 2. The molecule has 1 aliphatic heterocycles. The van der Waals surface area contributed by atoms with E-state index in [-0.39, 0.29) is 11.1 Å². The van der Waals surface area contributed by atoms with Crippen molar-refractivity contribution < 1.29 is 9.59 Å². The van der Waals surface area contributed by atoms with E-state index in [4.69, 9.17) is 34.7 Å². The molecule has 27 heavy (non-hydrogen) atoms. The lowest BCUT2D eigenvalue weighted by atomic mass is 10.2. The molecule has 3 rings (SSSR count). The van der Waals surface area contributed by atoms with E-state index in [1.54, 1.807) is 0 Å². The van der Waals surface area contributed by atoms with Gasteiger partial charge in [-0.15, -0.1) is 0 Å². The number of hydrogen-bond acceptors (Lipinski definition) is 6. The van der Waals surface area contributed by atoms with E-state index in [0.29, 0.717) is 34.8 Å². The third-order valence-electron chi connectivity index (χ3n) is 4.31. The Morgan fingerprint density at radius 1 is 0.815 bits per heavy atom. The number of aromatic nitrogens is 2. The summed E-state index contributed by atoms with van der Waals surface area (Å²) in [5, 5.41) is 0.753. The summed E-state index contributed by atoms with van der Waals surface area (Å²) in [6, 6.07) is 3.05. The summed E-state index contributed by atoms with van der Waals surface area (Å²) in [6.07, 6.45) is 3.67. The number of nitrogens with zero attached hydrogens (tertiary/aromatic N) is 4. The van der Waals surface area contributed by atoms with Crippen LogP contribution in [0.25, 0.3) is 0 Å². The number of rotatable bonds is 4. The van der Waals surface area contributed by atoms with Crippen LogP contribution >= 0.6 is 23.2 Å². The highest BCUT2D eigenvalue weighted by Crippen LogP contribution is 2.28. The Bertz CT molecular complexity index is 820. The van der Waals surface area contributed by atoms with Crippen LogP contribution in [0.2, 0.25) is 10.0 Å². The van der Waals surface area contributed by atoms with Gasteiger partial charge < -0.3 is 21.3 Å². The molecule has 0 aliphatic carbocycles. The van der Waals surface area contributed by atoms with Crippen molar-refractivity contribution in [3.8, 4) is 0 Å². The lowest BCUT2D eigenvalue weighted by Gasteiger charge is -2.24. The largest absolute Gasteiger partial charge is 0.366 e. The minimum atomic E-state index is -0.571. The smallest absolute Gasteiger partial charge is 0.250 e. The average Bonchev–Trinajstić information content (AvgIpc) is 2.87. The predicted molar refractivity (Wildman–Crippen MR) is 105 cm³/mol. The van der Waals surface area contributed by atoms with Gasteiger partial charge in [0.1, 0.15) is 11.6 Å². The van der Waals surface area contributed by atoms with Gasteiger partial charge in [0.15, 0.2) is 0 Å². The van der Waals surface area contributed by atoms with E-state index in [2.05, 4.69) is 9.97 Å². The number of halogens is 2. The van der Waals surface area contributed by atoms with Crippen LogP contribution in [0.4, 0.5) is 11.6 Å². The first-order valence-electron chi connectivity index (χ1n) is 8.27. The van der Waals surface area contributed by atoms with Crippen molar-refractivity contribution in [2.75, 3.05) is 36.0 Å². The van der Waals surface area contributed by atoms with Crippen molar-refractivity contribution in [3.63, 3.8) is 0 Å². The molecule has 0 unspecified atom stereocenters. The maximum absolute atomic E-state index is 11.2. The lowest BCUT2D eigenvalue weighted by Crippen LogP contribution is -2.32. The van der Waals surface area contributed by atoms with Gasteiger partial charge in [0.05, 0.1) is 21.2 Å². The Morgan fingerprint density at radius 3 is 1.56 bits per heavy atom. The third kappa shape index (κ3) is 4.23. The molecule has 1 saturated heterocycles. The van der Waals surface area contributed by atoms with Gasteiger partial charge in [-0.1, -0.05) is 23.2 Å². The highest BCUT2D eigenvalue weighted by molar-refractivity contribution is 6.33. The molecule has 1 fully saturated rings. The van der Waals surface area contributed by atoms with Crippen molar-refractivity contribution in [2.45, 2.75) is 6.42 Å². The molecule has 0 bridgehead atoms. The fourth-order valence-corrected chi connectivity index (χ4v) is 3.51. The van der Waals surface area contributed by atoms with Crippen LogP contribution in [0.15, 0.2) is 24.5 Å². The van der Waals surface area contributed by atoms with Crippen LogP contribution < -0.4 is 21.3 Å². The van der Waals surface area contributed by atoms with Gasteiger partial charge in [-0.05, 0) is 18.6 Å². The molecular weight excluding hydrogens is 391 g/mol. The minimum Gasteiger partial charge on any atom is -0.366 e. The zero-order valence-electron chi connectivity index (χ0n) is 14.4. The number of anilines is 2. The summed E-state index contributed by atoms with van der Waals surface area (Å²) < 4.78 is 0. The topological polar surface area (TPSA) is 118 Å². The van der Waals surface area contributed by atoms with E-state index in [1.807, 2.05) is 9.80 Å². The predicted octanol–water partition coefficient (Wildman–Crippen LogP) is 1.70. The first-order valence-corrected chi connectivity index (χ1v) is 9.03.